The van der Waals surface area contributed by atoms with E-state index in [-0.39, 0.29) is 10.6 Å². The molecule has 74 valence electrons. The summed E-state index contributed by atoms with van der Waals surface area (Å²) in [6.45, 7) is 0. The monoisotopic (exact) mass is 212 g/mol. The smallest absolute Gasteiger partial charge is 0.337 e. The zero-order chi connectivity index (χ0) is 10.6. The molecule has 0 heterocycles. The topological polar surface area (TPSA) is 46.5 Å². The Morgan fingerprint density at radius 2 is 2.29 bits per heavy atom. The van der Waals surface area contributed by atoms with Crippen molar-refractivity contribution in [3.63, 3.8) is 0 Å². The molecule has 0 aliphatic heterocycles. The average Bonchev–Trinajstić information content (AvgIpc) is 2.16. The van der Waals surface area contributed by atoms with Crippen molar-refractivity contribution < 1.29 is 14.6 Å². The Kier molecular flexibility index (Phi) is 3.54. The highest BCUT2D eigenvalue weighted by Gasteiger charge is 2.07. The summed E-state index contributed by atoms with van der Waals surface area (Å²) in [5.74, 6) is -1.04. The molecule has 0 aliphatic carbocycles. The van der Waals surface area contributed by atoms with Crippen LogP contribution in [0.25, 0.3) is 6.08 Å². The summed E-state index contributed by atoms with van der Waals surface area (Å²) in [6, 6.07) is 4.74. The van der Waals surface area contributed by atoms with Gasteiger partial charge < -0.3 is 9.84 Å². The Morgan fingerprint density at radius 1 is 1.57 bits per heavy atom. The van der Waals surface area contributed by atoms with E-state index in [9.17, 15) is 4.79 Å². The second kappa shape index (κ2) is 4.67. The van der Waals surface area contributed by atoms with Gasteiger partial charge in [-0.05, 0) is 23.8 Å². The first-order valence-electron chi connectivity index (χ1n) is 3.87. The molecule has 1 rings (SSSR count). The number of halogens is 1. The lowest BCUT2D eigenvalue weighted by atomic mass is 10.1. The maximum absolute atomic E-state index is 10.7. The standard InChI is InChI=1S/C10H9ClO3/c1-14-5-4-7-2-3-9(11)8(6-7)10(12)13/h2-6H,1H3,(H,12,13). The van der Waals surface area contributed by atoms with Crippen molar-refractivity contribution in [1.29, 1.82) is 0 Å². The number of benzene rings is 1. The zero-order valence-corrected chi connectivity index (χ0v) is 8.28. The summed E-state index contributed by atoms with van der Waals surface area (Å²) in [5, 5.41) is 9.00. The predicted octanol–water partition coefficient (Wildman–Crippen LogP) is 2.66. The van der Waals surface area contributed by atoms with Crippen LogP contribution in [0.4, 0.5) is 0 Å². The van der Waals surface area contributed by atoms with Crippen molar-refractivity contribution in [2.45, 2.75) is 0 Å². The molecule has 1 aromatic carbocycles. The maximum atomic E-state index is 10.7. The number of carboxylic acid groups (broad SMARTS) is 1. The number of carbonyl (C=O) groups is 1. The van der Waals surface area contributed by atoms with Crippen LogP contribution in [0.15, 0.2) is 24.5 Å². The van der Waals surface area contributed by atoms with Crippen LogP contribution >= 0.6 is 11.6 Å². The minimum absolute atomic E-state index is 0.0879. The fraction of sp³-hybridized carbons (Fsp3) is 0.100. The minimum atomic E-state index is -1.04. The molecule has 1 aromatic rings. The molecule has 0 radical (unpaired) electrons. The number of carboxylic acids is 1. The molecule has 0 unspecified atom stereocenters. The first kappa shape index (κ1) is 10.6. The Hall–Kier alpha value is -1.48. The lowest BCUT2D eigenvalue weighted by Crippen LogP contribution is -1.97. The predicted molar refractivity (Wildman–Crippen MR) is 54.5 cm³/mol. The van der Waals surface area contributed by atoms with Gasteiger partial charge in [0.1, 0.15) is 0 Å². The molecule has 3 nitrogen and oxygen atoms in total. The van der Waals surface area contributed by atoms with Crippen LogP contribution in [0, 0.1) is 0 Å². The van der Waals surface area contributed by atoms with Crippen LogP contribution in [0.2, 0.25) is 5.02 Å². The molecule has 14 heavy (non-hydrogen) atoms. The zero-order valence-electron chi connectivity index (χ0n) is 7.53. The van der Waals surface area contributed by atoms with Crippen molar-refractivity contribution in [3.05, 3.63) is 40.6 Å². The molecule has 0 aliphatic rings. The molecule has 0 atom stereocenters. The molecule has 0 aromatic heterocycles. The van der Waals surface area contributed by atoms with E-state index in [1.807, 2.05) is 0 Å². The highest BCUT2D eigenvalue weighted by Crippen LogP contribution is 2.18. The second-order valence-corrected chi connectivity index (χ2v) is 2.99. The fourth-order valence-corrected chi connectivity index (χ4v) is 1.16. The van der Waals surface area contributed by atoms with Gasteiger partial charge in [-0.15, -0.1) is 0 Å². The normalized spacial score (nSPS) is 10.4. The fourth-order valence-electron chi connectivity index (χ4n) is 0.957. The van der Waals surface area contributed by atoms with E-state index in [2.05, 4.69) is 0 Å². The SMILES string of the molecule is COC=Cc1ccc(Cl)c(C(=O)O)c1. The van der Waals surface area contributed by atoms with Gasteiger partial charge in [-0.1, -0.05) is 17.7 Å². The highest BCUT2D eigenvalue weighted by molar-refractivity contribution is 6.33. The molecule has 0 saturated carbocycles. The Balaban J connectivity index is 3.06. The molecule has 0 amide bonds. The van der Waals surface area contributed by atoms with Crippen molar-refractivity contribution in [2.24, 2.45) is 0 Å². The number of methoxy groups -OCH3 is 1. The van der Waals surface area contributed by atoms with Gasteiger partial charge in [0.2, 0.25) is 0 Å². The summed E-state index contributed by atoms with van der Waals surface area (Å²) < 4.78 is 4.72. The van der Waals surface area contributed by atoms with E-state index < -0.39 is 5.97 Å². The molecule has 1 N–H and O–H groups in total. The quantitative estimate of drug-likeness (QED) is 0.784. The van der Waals surface area contributed by atoms with Gasteiger partial charge in [-0.25, -0.2) is 4.79 Å². The van der Waals surface area contributed by atoms with E-state index in [1.54, 1.807) is 18.2 Å². The van der Waals surface area contributed by atoms with E-state index in [0.717, 1.165) is 5.56 Å². The Labute approximate surface area is 86.6 Å². The summed E-state index contributed by atoms with van der Waals surface area (Å²) in [4.78, 5) is 10.7. The molecular formula is C10H9ClO3. The average molecular weight is 213 g/mol. The molecule has 4 heteroatoms. The van der Waals surface area contributed by atoms with E-state index in [1.165, 1.54) is 19.4 Å². The van der Waals surface area contributed by atoms with E-state index in [0.29, 0.717) is 0 Å². The molecule has 0 spiro atoms. The number of ether oxygens (including phenoxy) is 1. The van der Waals surface area contributed by atoms with Gasteiger partial charge in [0.05, 0.1) is 24.0 Å². The summed E-state index contributed by atoms with van der Waals surface area (Å²) in [7, 11) is 1.52. The molecular weight excluding hydrogens is 204 g/mol. The first-order chi connectivity index (χ1) is 6.65. The van der Waals surface area contributed by atoms with Crippen LogP contribution in [0.5, 0.6) is 0 Å². The van der Waals surface area contributed by atoms with Crippen LogP contribution in [-0.4, -0.2) is 18.2 Å². The second-order valence-electron chi connectivity index (χ2n) is 2.58. The van der Waals surface area contributed by atoms with E-state index >= 15 is 0 Å². The Bertz CT molecular complexity index is 372. The highest BCUT2D eigenvalue weighted by atomic mass is 35.5. The minimum Gasteiger partial charge on any atom is -0.504 e. The van der Waals surface area contributed by atoms with Gasteiger partial charge in [0.25, 0.3) is 0 Å². The van der Waals surface area contributed by atoms with Gasteiger partial charge in [0, 0.05) is 0 Å². The van der Waals surface area contributed by atoms with Crippen molar-refractivity contribution in [1.82, 2.24) is 0 Å². The van der Waals surface area contributed by atoms with Gasteiger partial charge in [-0.3, -0.25) is 0 Å². The van der Waals surface area contributed by atoms with Crippen LogP contribution in [0.3, 0.4) is 0 Å². The Morgan fingerprint density at radius 3 is 2.86 bits per heavy atom. The van der Waals surface area contributed by atoms with Crippen molar-refractivity contribution in [2.75, 3.05) is 7.11 Å². The van der Waals surface area contributed by atoms with Crippen molar-refractivity contribution in [3.8, 4) is 0 Å². The van der Waals surface area contributed by atoms with Crippen molar-refractivity contribution >= 4 is 23.6 Å². The van der Waals surface area contributed by atoms with Crippen LogP contribution in [0.1, 0.15) is 15.9 Å². The molecule has 0 bridgehead atoms. The van der Waals surface area contributed by atoms with Crippen LogP contribution < -0.4 is 0 Å². The molecule has 0 fully saturated rings. The van der Waals surface area contributed by atoms with Gasteiger partial charge >= 0.3 is 5.97 Å². The first-order valence-corrected chi connectivity index (χ1v) is 4.25. The number of hydrogen-bond donors (Lipinski definition) is 1. The van der Waals surface area contributed by atoms with Crippen LogP contribution in [-0.2, 0) is 4.74 Å². The third-order valence-corrected chi connectivity index (χ3v) is 1.95. The lowest BCUT2D eigenvalue weighted by molar-refractivity contribution is 0.0697. The van der Waals surface area contributed by atoms with E-state index in [4.69, 9.17) is 21.4 Å². The largest absolute Gasteiger partial charge is 0.504 e. The van der Waals surface area contributed by atoms with Gasteiger partial charge in [0.15, 0.2) is 0 Å². The summed E-state index contributed by atoms with van der Waals surface area (Å²) in [6.07, 6.45) is 3.12. The number of aromatic carboxylic acids is 1. The molecule has 0 saturated heterocycles. The summed E-state index contributed by atoms with van der Waals surface area (Å²) in [5.41, 5.74) is 0.818. The third-order valence-electron chi connectivity index (χ3n) is 1.62. The number of rotatable bonds is 3. The van der Waals surface area contributed by atoms with Gasteiger partial charge in [-0.2, -0.15) is 0 Å². The lowest BCUT2D eigenvalue weighted by Gasteiger charge is -1.99. The summed E-state index contributed by atoms with van der Waals surface area (Å²) >= 11 is 5.69. The maximum Gasteiger partial charge on any atom is 0.337 e. The number of hydrogen-bond acceptors (Lipinski definition) is 2. The third kappa shape index (κ3) is 2.50.